The van der Waals surface area contributed by atoms with Gasteiger partial charge in [-0.3, -0.25) is 9.69 Å². The first-order chi connectivity index (χ1) is 11.7. The molecule has 1 aliphatic rings. The minimum atomic E-state index is -2.96. The number of halogens is 1. The highest BCUT2D eigenvalue weighted by Crippen LogP contribution is 2.28. The van der Waals surface area contributed by atoms with Gasteiger partial charge < -0.3 is 9.32 Å². The maximum Gasteiger partial charge on any atom is 0.289 e. The van der Waals surface area contributed by atoms with Gasteiger partial charge >= 0.3 is 0 Å². The number of piperazine rings is 1. The van der Waals surface area contributed by atoms with Crippen LogP contribution in [0.5, 0.6) is 0 Å². The molecule has 1 amide bonds. The normalized spacial score (nSPS) is 16.5. The van der Waals surface area contributed by atoms with E-state index in [1.54, 1.807) is 4.90 Å². The molecule has 0 atom stereocenters. The van der Waals surface area contributed by atoms with Gasteiger partial charge in [-0.25, -0.2) is 8.42 Å². The Morgan fingerprint density at radius 1 is 1.24 bits per heavy atom. The number of fused-ring (bicyclic) bond motifs is 1. The summed E-state index contributed by atoms with van der Waals surface area (Å²) in [7, 11) is -2.96. The van der Waals surface area contributed by atoms with Crippen LogP contribution in [0, 0.1) is 6.92 Å². The minimum Gasteiger partial charge on any atom is -0.451 e. The number of rotatable bonds is 4. The van der Waals surface area contributed by atoms with E-state index in [4.69, 9.17) is 4.42 Å². The zero-order valence-electron chi connectivity index (χ0n) is 14.3. The number of carbonyl (C=O) groups excluding carboxylic acids is 1. The summed E-state index contributed by atoms with van der Waals surface area (Å²) in [4.78, 5) is 16.7. The number of sulfone groups is 1. The number of hydrogen-bond acceptors (Lipinski definition) is 5. The van der Waals surface area contributed by atoms with Gasteiger partial charge in [0.05, 0.1) is 5.75 Å². The van der Waals surface area contributed by atoms with Crippen LogP contribution in [-0.4, -0.2) is 68.9 Å². The van der Waals surface area contributed by atoms with Crippen molar-refractivity contribution in [2.75, 3.05) is 44.7 Å². The molecular formula is C17H21BrN2O4S. The third-order valence-electron chi connectivity index (χ3n) is 4.53. The van der Waals surface area contributed by atoms with Crippen molar-refractivity contribution >= 4 is 42.6 Å². The van der Waals surface area contributed by atoms with Gasteiger partial charge in [0.25, 0.3) is 5.91 Å². The molecular weight excluding hydrogens is 408 g/mol. The Morgan fingerprint density at radius 3 is 2.56 bits per heavy atom. The molecule has 0 aliphatic carbocycles. The van der Waals surface area contributed by atoms with Crippen LogP contribution in [0.15, 0.2) is 27.1 Å². The highest BCUT2D eigenvalue weighted by Gasteiger charge is 2.26. The van der Waals surface area contributed by atoms with Crippen molar-refractivity contribution in [3.8, 4) is 0 Å². The quantitative estimate of drug-likeness (QED) is 0.746. The Kier molecular flexibility index (Phi) is 5.22. The lowest BCUT2D eigenvalue weighted by molar-refractivity contribution is 0.0614. The van der Waals surface area contributed by atoms with Gasteiger partial charge in [0.15, 0.2) is 5.76 Å². The van der Waals surface area contributed by atoms with E-state index in [0.717, 1.165) is 15.4 Å². The Bertz CT molecular complexity index is 899. The summed E-state index contributed by atoms with van der Waals surface area (Å²) in [5.41, 5.74) is 1.55. The van der Waals surface area contributed by atoms with E-state index in [2.05, 4.69) is 20.8 Å². The summed E-state index contributed by atoms with van der Waals surface area (Å²) < 4.78 is 29.3. The Balaban J connectivity index is 1.68. The third kappa shape index (κ3) is 4.24. The summed E-state index contributed by atoms with van der Waals surface area (Å²) in [6.07, 6.45) is 1.25. The standard InChI is InChI=1S/C17H21BrN2O4S/c1-12-14-4-3-13(18)11-15(14)24-16(12)17(21)20-7-5-19(6-8-20)9-10-25(2,22)23/h3-4,11H,5-10H2,1-2H3. The number of furan rings is 1. The van der Waals surface area contributed by atoms with Crippen LogP contribution in [0.25, 0.3) is 11.0 Å². The van der Waals surface area contributed by atoms with Crippen molar-refractivity contribution in [2.24, 2.45) is 0 Å². The zero-order chi connectivity index (χ0) is 18.2. The van der Waals surface area contributed by atoms with Crippen LogP contribution < -0.4 is 0 Å². The predicted octanol–water partition coefficient (Wildman–Crippen LogP) is 2.31. The number of carbonyl (C=O) groups is 1. The molecule has 3 rings (SSSR count). The summed E-state index contributed by atoms with van der Waals surface area (Å²) in [6, 6.07) is 5.74. The SMILES string of the molecule is Cc1c(C(=O)N2CCN(CCS(C)(=O)=O)CC2)oc2cc(Br)ccc12. The molecule has 1 aliphatic heterocycles. The molecule has 25 heavy (non-hydrogen) atoms. The second kappa shape index (κ2) is 7.09. The average molecular weight is 429 g/mol. The first-order valence-corrected chi connectivity index (χ1v) is 11.0. The van der Waals surface area contributed by atoms with E-state index in [1.807, 2.05) is 25.1 Å². The molecule has 1 fully saturated rings. The third-order valence-corrected chi connectivity index (χ3v) is 5.95. The lowest BCUT2D eigenvalue weighted by Crippen LogP contribution is -2.49. The molecule has 2 heterocycles. The van der Waals surface area contributed by atoms with E-state index in [0.29, 0.717) is 44.1 Å². The van der Waals surface area contributed by atoms with Crippen molar-refractivity contribution in [1.29, 1.82) is 0 Å². The van der Waals surface area contributed by atoms with Crippen LogP contribution in [0.3, 0.4) is 0 Å². The molecule has 0 saturated carbocycles. The van der Waals surface area contributed by atoms with Gasteiger partial charge in [-0.2, -0.15) is 0 Å². The maximum atomic E-state index is 12.8. The second-order valence-electron chi connectivity index (χ2n) is 6.46. The van der Waals surface area contributed by atoms with E-state index >= 15 is 0 Å². The van der Waals surface area contributed by atoms with Crippen LogP contribution in [-0.2, 0) is 9.84 Å². The molecule has 0 bridgehead atoms. The fraction of sp³-hybridized carbons (Fsp3) is 0.471. The van der Waals surface area contributed by atoms with Gasteiger partial charge in [0, 0.05) is 54.4 Å². The van der Waals surface area contributed by atoms with Gasteiger partial charge in [-0.05, 0) is 25.1 Å². The molecule has 1 saturated heterocycles. The molecule has 8 heteroatoms. The first kappa shape index (κ1) is 18.4. The monoisotopic (exact) mass is 428 g/mol. The summed E-state index contributed by atoms with van der Waals surface area (Å²) in [5, 5.41) is 0.943. The van der Waals surface area contributed by atoms with E-state index < -0.39 is 9.84 Å². The smallest absolute Gasteiger partial charge is 0.289 e. The topological polar surface area (TPSA) is 70.8 Å². The largest absolute Gasteiger partial charge is 0.451 e. The molecule has 1 aromatic carbocycles. The van der Waals surface area contributed by atoms with Gasteiger partial charge in [-0.15, -0.1) is 0 Å². The second-order valence-corrected chi connectivity index (χ2v) is 9.64. The molecule has 136 valence electrons. The lowest BCUT2D eigenvalue weighted by Gasteiger charge is -2.34. The predicted molar refractivity (Wildman–Crippen MR) is 101 cm³/mol. The van der Waals surface area contributed by atoms with Crippen molar-refractivity contribution in [1.82, 2.24) is 9.80 Å². The van der Waals surface area contributed by atoms with Crippen molar-refractivity contribution in [3.05, 3.63) is 34.0 Å². The lowest BCUT2D eigenvalue weighted by atomic mass is 10.1. The molecule has 0 N–H and O–H groups in total. The van der Waals surface area contributed by atoms with E-state index in [1.165, 1.54) is 6.26 Å². The highest BCUT2D eigenvalue weighted by molar-refractivity contribution is 9.10. The number of aryl methyl sites for hydroxylation is 1. The Hall–Kier alpha value is -1.38. The number of hydrogen-bond donors (Lipinski definition) is 0. The van der Waals surface area contributed by atoms with Crippen LogP contribution in [0.1, 0.15) is 16.1 Å². The number of benzene rings is 1. The summed E-state index contributed by atoms with van der Waals surface area (Å²) >= 11 is 3.41. The fourth-order valence-corrected chi connectivity index (χ4v) is 3.95. The van der Waals surface area contributed by atoms with Gasteiger partial charge in [0.1, 0.15) is 15.4 Å². The van der Waals surface area contributed by atoms with Gasteiger partial charge in [0.2, 0.25) is 0 Å². The van der Waals surface area contributed by atoms with Gasteiger partial charge in [-0.1, -0.05) is 15.9 Å². The molecule has 1 aromatic heterocycles. The number of amides is 1. The first-order valence-electron chi connectivity index (χ1n) is 8.12. The average Bonchev–Trinajstić information content (AvgIpc) is 2.88. The van der Waals surface area contributed by atoms with Crippen LogP contribution in [0.2, 0.25) is 0 Å². The molecule has 0 spiro atoms. The van der Waals surface area contributed by atoms with Crippen LogP contribution in [0.4, 0.5) is 0 Å². The van der Waals surface area contributed by atoms with E-state index in [9.17, 15) is 13.2 Å². The Morgan fingerprint density at radius 2 is 1.92 bits per heavy atom. The molecule has 6 nitrogen and oxygen atoms in total. The Labute approximate surface area is 155 Å². The van der Waals surface area contributed by atoms with Crippen LogP contribution >= 0.6 is 15.9 Å². The van der Waals surface area contributed by atoms with Crippen molar-refractivity contribution in [3.63, 3.8) is 0 Å². The summed E-state index contributed by atoms with van der Waals surface area (Å²) in [6.45, 7) is 4.90. The molecule has 0 unspecified atom stereocenters. The highest BCUT2D eigenvalue weighted by atomic mass is 79.9. The minimum absolute atomic E-state index is 0.104. The maximum absolute atomic E-state index is 12.8. The van der Waals surface area contributed by atoms with Crippen molar-refractivity contribution in [2.45, 2.75) is 6.92 Å². The zero-order valence-corrected chi connectivity index (χ0v) is 16.7. The summed E-state index contributed by atoms with van der Waals surface area (Å²) in [5.74, 6) is 0.434. The van der Waals surface area contributed by atoms with E-state index in [-0.39, 0.29) is 11.7 Å². The molecule has 0 radical (unpaired) electrons. The van der Waals surface area contributed by atoms with Crippen molar-refractivity contribution < 1.29 is 17.6 Å². The number of nitrogens with zero attached hydrogens (tertiary/aromatic N) is 2. The fourth-order valence-electron chi connectivity index (χ4n) is 3.02. The molecule has 2 aromatic rings.